The lowest BCUT2D eigenvalue weighted by molar-refractivity contribution is -0.0836. The molecule has 0 aliphatic carbocycles. The van der Waals surface area contributed by atoms with Gasteiger partial charge in [0.05, 0.1) is 12.6 Å². The van der Waals surface area contributed by atoms with Gasteiger partial charge in [0, 0.05) is 12.8 Å². The maximum absolute atomic E-state index is 4.90. The summed E-state index contributed by atoms with van der Waals surface area (Å²) in [6.45, 7) is 7.01. The van der Waals surface area contributed by atoms with E-state index in [2.05, 4.69) is 24.3 Å². The SMILES string of the molecule is CN=C(C)/C(C)=C(\C)C1CON1. The Kier molecular flexibility index (Phi) is 3.00. The van der Waals surface area contributed by atoms with E-state index >= 15 is 0 Å². The van der Waals surface area contributed by atoms with Crippen molar-refractivity contribution >= 4 is 5.71 Å². The minimum atomic E-state index is 0.390. The second kappa shape index (κ2) is 3.83. The maximum Gasteiger partial charge on any atom is 0.0896 e. The monoisotopic (exact) mass is 168 g/mol. The Balaban J connectivity index is 2.73. The molecule has 12 heavy (non-hydrogen) atoms. The highest BCUT2D eigenvalue weighted by atomic mass is 16.7. The number of hydroxylamine groups is 1. The number of hydrogen-bond donors (Lipinski definition) is 1. The second-order valence-electron chi connectivity index (χ2n) is 3.10. The number of nitrogens with one attached hydrogen (secondary N) is 1. The van der Waals surface area contributed by atoms with Crippen LogP contribution in [0.4, 0.5) is 0 Å². The van der Waals surface area contributed by atoms with Gasteiger partial charge in [-0.3, -0.25) is 9.83 Å². The first-order valence-corrected chi connectivity index (χ1v) is 4.15. The number of allylic oxidation sites excluding steroid dienone is 1. The van der Waals surface area contributed by atoms with Crippen LogP contribution in [0.1, 0.15) is 20.8 Å². The molecule has 3 heteroatoms. The molecule has 1 atom stereocenters. The summed E-state index contributed by atoms with van der Waals surface area (Å²) in [5, 5.41) is 0. The summed E-state index contributed by atoms with van der Waals surface area (Å²) in [5.74, 6) is 0. The first-order valence-electron chi connectivity index (χ1n) is 4.15. The van der Waals surface area contributed by atoms with Crippen molar-refractivity contribution in [2.45, 2.75) is 26.8 Å². The molecule has 0 amide bonds. The maximum atomic E-state index is 4.90. The summed E-state index contributed by atoms with van der Waals surface area (Å²) in [6.07, 6.45) is 0. The van der Waals surface area contributed by atoms with E-state index in [1.807, 2.05) is 14.0 Å². The predicted octanol–water partition coefficient (Wildman–Crippen LogP) is 1.32. The van der Waals surface area contributed by atoms with Gasteiger partial charge < -0.3 is 0 Å². The molecular weight excluding hydrogens is 152 g/mol. The quantitative estimate of drug-likeness (QED) is 0.631. The fourth-order valence-corrected chi connectivity index (χ4v) is 1.09. The normalized spacial score (nSPS) is 26.3. The van der Waals surface area contributed by atoms with Gasteiger partial charge in [0.25, 0.3) is 0 Å². The zero-order valence-electron chi connectivity index (χ0n) is 8.14. The minimum absolute atomic E-state index is 0.390. The van der Waals surface area contributed by atoms with Crippen LogP contribution < -0.4 is 5.48 Å². The lowest BCUT2D eigenvalue weighted by Crippen LogP contribution is -2.47. The topological polar surface area (TPSA) is 33.6 Å². The molecule has 0 aromatic carbocycles. The molecule has 0 spiro atoms. The molecule has 1 fully saturated rings. The molecule has 1 heterocycles. The first-order chi connectivity index (χ1) is 5.66. The van der Waals surface area contributed by atoms with Crippen molar-refractivity contribution in [3.63, 3.8) is 0 Å². The van der Waals surface area contributed by atoms with Gasteiger partial charge in [-0.2, -0.15) is 5.48 Å². The fourth-order valence-electron chi connectivity index (χ4n) is 1.09. The Labute approximate surface area is 73.5 Å². The van der Waals surface area contributed by atoms with Crippen LogP contribution in [0.5, 0.6) is 0 Å². The van der Waals surface area contributed by atoms with E-state index in [0.717, 1.165) is 12.3 Å². The Morgan fingerprint density at radius 3 is 2.33 bits per heavy atom. The lowest BCUT2D eigenvalue weighted by atomic mass is 10.0. The van der Waals surface area contributed by atoms with Crippen LogP contribution >= 0.6 is 0 Å². The van der Waals surface area contributed by atoms with Crippen LogP contribution in [0.25, 0.3) is 0 Å². The predicted molar refractivity (Wildman–Crippen MR) is 50.3 cm³/mol. The molecule has 1 unspecified atom stereocenters. The lowest BCUT2D eigenvalue weighted by Gasteiger charge is -2.29. The zero-order valence-corrected chi connectivity index (χ0v) is 8.14. The van der Waals surface area contributed by atoms with Gasteiger partial charge in [-0.15, -0.1) is 0 Å². The summed E-state index contributed by atoms with van der Waals surface area (Å²) >= 11 is 0. The zero-order chi connectivity index (χ0) is 9.14. The Bertz CT molecular complexity index is 227. The average Bonchev–Trinajstić information content (AvgIpc) is 1.98. The third-order valence-electron chi connectivity index (χ3n) is 2.47. The molecule has 1 saturated heterocycles. The Morgan fingerprint density at radius 2 is 2.00 bits per heavy atom. The molecule has 1 rings (SSSR count). The first kappa shape index (κ1) is 9.42. The van der Waals surface area contributed by atoms with E-state index in [0.29, 0.717) is 6.04 Å². The molecule has 3 nitrogen and oxygen atoms in total. The fraction of sp³-hybridized carbons (Fsp3) is 0.667. The van der Waals surface area contributed by atoms with Crippen molar-refractivity contribution < 1.29 is 4.84 Å². The van der Waals surface area contributed by atoms with E-state index in [1.54, 1.807) is 0 Å². The van der Waals surface area contributed by atoms with Crippen molar-refractivity contribution in [3.05, 3.63) is 11.1 Å². The molecule has 0 saturated carbocycles. The van der Waals surface area contributed by atoms with Crippen molar-refractivity contribution in [1.29, 1.82) is 0 Å². The Morgan fingerprint density at radius 1 is 1.42 bits per heavy atom. The van der Waals surface area contributed by atoms with E-state index in [9.17, 15) is 0 Å². The van der Waals surface area contributed by atoms with Crippen molar-refractivity contribution in [1.82, 2.24) is 5.48 Å². The molecule has 0 aromatic rings. The standard InChI is InChI=1S/C9H16N2O/c1-6(8(3)10-4)7(2)9-5-12-11-9/h9,11H,5H2,1-4H3/b7-6+,10-8?. The minimum Gasteiger partial charge on any atom is -0.299 e. The van der Waals surface area contributed by atoms with Gasteiger partial charge in [-0.1, -0.05) is 0 Å². The largest absolute Gasteiger partial charge is 0.299 e. The summed E-state index contributed by atoms with van der Waals surface area (Å²) < 4.78 is 0. The van der Waals surface area contributed by atoms with E-state index in [1.165, 1.54) is 11.1 Å². The summed E-state index contributed by atoms with van der Waals surface area (Å²) in [4.78, 5) is 9.04. The van der Waals surface area contributed by atoms with Gasteiger partial charge in [-0.25, -0.2) is 0 Å². The second-order valence-corrected chi connectivity index (χ2v) is 3.10. The molecule has 68 valence electrons. The molecule has 1 aliphatic heterocycles. The van der Waals surface area contributed by atoms with Crippen LogP contribution in [-0.2, 0) is 4.84 Å². The van der Waals surface area contributed by atoms with Crippen LogP contribution in [0, 0.1) is 0 Å². The van der Waals surface area contributed by atoms with Gasteiger partial charge in [0.2, 0.25) is 0 Å². The highest BCUT2D eigenvalue weighted by Crippen LogP contribution is 2.14. The third kappa shape index (κ3) is 1.73. The summed E-state index contributed by atoms with van der Waals surface area (Å²) in [7, 11) is 1.82. The van der Waals surface area contributed by atoms with E-state index < -0.39 is 0 Å². The molecule has 0 aromatic heterocycles. The Hall–Kier alpha value is -0.670. The smallest absolute Gasteiger partial charge is 0.0896 e. The van der Waals surface area contributed by atoms with Gasteiger partial charge in [-0.05, 0) is 31.9 Å². The van der Waals surface area contributed by atoms with Gasteiger partial charge in [0.1, 0.15) is 0 Å². The van der Waals surface area contributed by atoms with Crippen LogP contribution in [-0.4, -0.2) is 25.4 Å². The highest BCUT2D eigenvalue weighted by Gasteiger charge is 2.21. The van der Waals surface area contributed by atoms with Crippen molar-refractivity contribution in [2.75, 3.05) is 13.7 Å². The summed E-state index contributed by atoms with van der Waals surface area (Å²) in [5.41, 5.74) is 6.58. The van der Waals surface area contributed by atoms with Gasteiger partial charge in [0.15, 0.2) is 0 Å². The molecule has 0 bridgehead atoms. The average molecular weight is 168 g/mol. The summed E-state index contributed by atoms with van der Waals surface area (Å²) in [6, 6.07) is 0.390. The van der Waals surface area contributed by atoms with Crippen molar-refractivity contribution in [3.8, 4) is 0 Å². The van der Waals surface area contributed by atoms with Crippen LogP contribution in [0.3, 0.4) is 0 Å². The number of nitrogens with zero attached hydrogens (tertiary/aromatic N) is 1. The molecule has 1 N–H and O–H groups in total. The van der Waals surface area contributed by atoms with E-state index in [-0.39, 0.29) is 0 Å². The van der Waals surface area contributed by atoms with Crippen LogP contribution in [0.15, 0.2) is 16.1 Å². The molecule has 1 aliphatic rings. The van der Waals surface area contributed by atoms with Crippen LogP contribution in [0.2, 0.25) is 0 Å². The van der Waals surface area contributed by atoms with Crippen molar-refractivity contribution in [2.24, 2.45) is 4.99 Å². The van der Waals surface area contributed by atoms with E-state index in [4.69, 9.17) is 4.84 Å². The molecule has 0 radical (unpaired) electrons. The molecular formula is C9H16N2O. The number of hydrogen-bond acceptors (Lipinski definition) is 3. The number of rotatable bonds is 2. The number of aliphatic imine (C=N–C) groups is 1. The highest BCUT2D eigenvalue weighted by molar-refractivity contribution is 5.98. The third-order valence-corrected chi connectivity index (χ3v) is 2.47. The van der Waals surface area contributed by atoms with Gasteiger partial charge >= 0.3 is 0 Å².